The molecule has 0 saturated heterocycles. The number of allylic oxidation sites excluding steroid dienone is 1. The topological polar surface area (TPSA) is 107 Å². The van der Waals surface area contributed by atoms with Crippen LogP contribution in [-0.2, 0) is 20.9 Å². The number of nitrogens with one attached hydrogen (secondary N) is 1. The Bertz CT molecular complexity index is 1490. The lowest BCUT2D eigenvalue weighted by molar-refractivity contribution is 0.0912. The summed E-state index contributed by atoms with van der Waals surface area (Å²) in [4.78, 5) is 13.8. The molecule has 0 spiro atoms. The molecule has 7 nitrogen and oxygen atoms in total. The molecule has 0 aliphatic heterocycles. The van der Waals surface area contributed by atoms with Crippen LogP contribution in [0, 0.1) is 5.92 Å². The summed E-state index contributed by atoms with van der Waals surface area (Å²) in [7, 11) is -3.82. The van der Waals surface area contributed by atoms with Gasteiger partial charge in [-0.2, -0.15) is 5.10 Å². The van der Waals surface area contributed by atoms with E-state index in [2.05, 4.69) is 65.2 Å². The summed E-state index contributed by atoms with van der Waals surface area (Å²) in [6, 6.07) is 15.0. The molecular weight excluding hydrogens is 635 g/mol. The zero-order valence-electron chi connectivity index (χ0n) is 22.9. The Morgan fingerprint density at radius 1 is 1.05 bits per heavy atom. The zero-order valence-corrected chi connectivity index (χ0v) is 25.9. The molecule has 3 aromatic rings. The summed E-state index contributed by atoms with van der Waals surface area (Å²) in [5.74, 6) is 0.354. The van der Waals surface area contributed by atoms with Crippen molar-refractivity contribution in [2.75, 3.05) is 0 Å². The van der Waals surface area contributed by atoms with Crippen molar-refractivity contribution in [2.45, 2.75) is 80.1 Å². The van der Waals surface area contributed by atoms with E-state index >= 15 is 0 Å². The number of halogens is 1. The van der Waals surface area contributed by atoms with Crippen molar-refractivity contribution < 1.29 is 13.2 Å². The molecule has 2 aliphatic carbocycles. The molecule has 0 unspecified atom stereocenters. The molecule has 3 N–H and O–H groups in total. The van der Waals surface area contributed by atoms with E-state index in [0.717, 1.165) is 65.3 Å². The van der Waals surface area contributed by atoms with E-state index in [0.29, 0.717) is 17.3 Å². The number of aromatic nitrogens is 2. The Morgan fingerprint density at radius 2 is 1.73 bits per heavy atom. The van der Waals surface area contributed by atoms with Crippen LogP contribution in [0.5, 0.6) is 0 Å². The van der Waals surface area contributed by atoms with E-state index in [1.54, 1.807) is 12.1 Å². The molecule has 0 radical (unpaired) electrons. The molecule has 0 bridgehead atoms. The highest BCUT2D eigenvalue weighted by Gasteiger charge is 2.29. The molecule has 1 saturated carbocycles. The average molecular weight is 673 g/mol. The lowest BCUT2D eigenvalue weighted by Gasteiger charge is -2.28. The molecular formula is C31H37IN4O3S. The second-order valence-corrected chi connectivity index (χ2v) is 13.4. The minimum Gasteiger partial charge on any atom is -0.348 e. The van der Waals surface area contributed by atoms with Gasteiger partial charge in [0.25, 0.3) is 5.91 Å². The van der Waals surface area contributed by atoms with Crippen molar-refractivity contribution in [3.63, 3.8) is 0 Å². The summed E-state index contributed by atoms with van der Waals surface area (Å²) in [5.41, 5.74) is 6.53. The number of alkyl halides is 1. The summed E-state index contributed by atoms with van der Waals surface area (Å²) >= 11 is 2.36. The van der Waals surface area contributed by atoms with E-state index in [-0.39, 0.29) is 16.8 Å². The zero-order chi connectivity index (χ0) is 28.3. The molecule has 1 fully saturated rings. The van der Waals surface area contributed by atoms with E-state index in [1.807, 2.05) is 4.68 Å². The van der Waals surface area contributed by atoms with Crippen molar-refractivity contribution in [2.24, 2.45) is 11.1 Å². The van der Waals surface area contributed by atoms with Gasteiger partial charge in [-0.15, -0.1) is 0 Å². The fourth-order valence-electron chi connectivity index (χ4n) is 5.97. The van der Waals surface area contributed by atoms with Gasteiger partial charge in [-0.25, -0.2) is 18.2 Å². The van der Waals surface area contributed by atoms with Crippen molar-refractivity contribution in [3.05, 3.63) is 76.6 Å². The number of nitrogens with two attached hydrogens (primary N) is 1. The number of fused-ring (bicyclic) bond motifs is 1. The van der Waals surface area contributed by atoms with Crippen LogP contribution < -0.4 is 10.5 Å². The molecule has 1 heterocycles. The highest BCUT2D eigenvalue weighted by Crippen LogP contribution is 2.35. The Labute approximate surface area is 250 Å². The summed E-state index contributed by atoms with van der Waals surface area (Å²) in [6.07, 6.45) is 11.8. The molecule has 1 aromatic heterocycles. The van der Waals surface area contributed by atoms with Crippen LogP contribution in [0.1, 0.15) is 91.2 Å². The van der Waals surface area contributed by atoms with Crippen LogP contribution in [-0.4, -0.2) is 30.1 Å². The van der Waals surface area contributed by atoms with Crippen molar-refractivity contribution in [1.82, 2.24) is 15.1 Å². The van der Waals surface area contributed by atoms with Gasteiger partial charge >= 0.3 is 0 Å². The fourth-order valence-corrected chi connectivity index (χ4v) is 6.99. The molecule has 40 heavy (non-hydrogen) atoms. The number of hydrogen-bond acceptors (Lipinski definition) is 4. The lowest BCUT2D eigenvalue weighted by Crippen LogP contribution is -2.39. The maximum Gasteiger partial charge on any atom is 0.272 e. The molecule has 1 atom stereocenters. The Morgan fingerprint density at radius 3 is 2.38 bits per heavy atom. The molecule has 9 heteroatoms. The van der Waals surface area contributed by atoms with E-state index in [9.17, 15) is 13.2 Å². The van der Waals surface area contributed by atoms with Gasteiger partial charge in [0.1, 0.15) is 0 Å². The summed E-state index contributed by atoms with van der Waals surface area (Å²) < 4.78 is 26.5. The Balaban J connectivity index is 1.59. The fraction of sp³-hybridized carbons (Fsp3) is 0.419. The van der Waals surface area contributed by atoms with Gasteiger partial charge in [0.05, 0.1) is 16.3 Å². The number of rotatable bonds is 7. The molecule has 212 valence electrons. The second-order valence-electron chi connectivity index (χ2n) is 11.0. The van der Waals surface area contributed by atoms with Crippen LogP contribution in [0.2, 0.25) is 0 Å². The highest BCUT2D eigenvalue weighted by molar-refractivity contribution is 14.1. The molecule has 5 rings (SSSR count). The first-order valence-electron chi connectivity index (χ1n) is 14.2. The highest BCUT2D eigenvalue weighted by atomic mass is 127. The lowest BCUT2D eigenvalue weighted by atomic mass is 9.84. The van der Waals surface area contributed by atoms with Crippen molar-refractivity contribution >= 4 is 50.2 Å². The third-order valence-electron chi connectivity index (χ3n) is 8.23. The number of primary sulfonamides is 1. The number of carbonyl (C=O) groups is 1. The molecule has 2 aliphatic rings. The molecule has 2 aromatic carbocycles. The van der Waals surface area contributed by atoms with Crippen LogP contribution in [0.4, 0.5) is 0 Å². The van der Waals surface area contributed by atoms with E-state index in [1.165, 1.54) is 37.0 Å². The number of hydrogen-bond donors (Lipinski definition) is 2. The van der Waals surface area contributed by atoms with Gasteiger partial charge in [-0.1, -0.05) is 66.1 Å². The first-order chi connectivity index (χ1) is 19.2. The van der Waals surface area contributed by atoms with Crippen LogP contribution in [0.15, 0.2) is 53.4 Å². The first kappa shape index (κ1) is 29.0. The maximum absolute atomic E-state index is 13.7. The number of carbonyl (C=O) groups excluding carboxylic acids is 1. The second kappa shape index (κ2) is 12.6. The quantitative estimate of drug-likeness (QED) is 0.172. The SMILES string of the molecule is C[C@@H](NC(=O)c1nn(-c2ccc(S(N)(=O)=O)cc2)c2c1CCCC/C2=C\c1ccc(CI)cc1)C1CCCCC1. The predicted molar refractivity (Wildman–Crippen MR) is 168 cm³/mol. The number of sulfonamides is 1. The Hall–Kier alpha value is -2.50. The largest absolute Gasteiger partial charge is 0.348 e. The average Bonchev–Trinajstić information content (AvgIpc) is 3.23. The first-order valence-corrected chi connectivity index (χ1v) is 17.2. The summed E-state index contributed by atoms with van der Waals surface area (Å²) in [6.45, 7) is 2.11. The Kier molecular flexibility index (Phi) is 9.11. The maximum atomic E-state index is 13.7. The van der Waals surface area contributed by atoms with Crippen molar-refractivity contribution in [1.29, 1.82) is 0 Å². The van der Waals surface area contributed by atoms with Gasteiger partial charge < -0.3 is 5.32 Å². The van der Waals surface area contributed by atoms with Crippen LogP contribution in [0.3, 0.4) is 0 Å². The minimum atomic E-state index is -3.82. The van der Waals surface area contributed by atoms with Gasteiger partial charge in [-0.05, 0) is 98.4 Å². The third-order valence-corrected chi connectivity index (χ3v) is 10.0. The standard InChI is InChI=1S/C31H37IN4O3S/c1-21(24-7-3-2-4-8-24)34-31(37)29-28-10-6-5-9-25(19-22-11-13-23(20-32)14-12-22)30(28)36(35-29)26-15-17-27(18-16-26)40(33,38)39/h11-19,21,24H,2-10,20H2,1H3,(H,34,37)(H2,33,38,39)/b25-19+/t21-/m1/s1. The third kappa shape index (κ3) is 6.52. The number of amides is 1. The monoisotopic (exact) mass is 672 g/mol. The smallest absolute Gasteiger partial charge is 0.272 e. The van der Waals surface area contributed by atoms with Crippen LogP contribution >= 0.6 is 22.6 Å². The van der Waals surface area contributed by atoms with E-state index in [4.69, 9.17) is 10.2 Å². The molecule has 1 amide bonds. The number of nitrogens with zero attached hydrogens (tertiary/aromatic N) is 2. The number of benzene rings is 2. The van der Waals surface area contributed by atoms with Gasteiger partial charge in [-0.3, -0.25) is 4.79 Å². The van der Waals surface area contributed by atoms with Gasteiger partial charge in [0.15, 0.2) is 5.69 Å². The summed E-state index contributed by atoms with van der Waals surface area (Å²) in [5, 5.41) is 13.5. The predicted octanol–water partition coefficient (Wildman–Crippen LogP) is 6.42. The van der Waals surface area contributed by atoms with E-state index < -0.39 is 10.0 Å². The normalized spacial score (nSPS) is 18.2. The van der Waals surface area contributed by atoms with Gasteiger partial charge in [0.2, 0.25) is 10.0 Å². The van der Waals surface area contributed by atoms with Crippen LogP contribution in [0.25, 0.3) is 17.3 Å². The minimum absolute atomic E-state index is 0.0416. The van der Waals surface area contributed by atoms with Gasteiger partial charge in [0, 0.05) is 16.0 Å². The van der Waals surface area contributed by atoms with Crippen molar-refractivity contribution in [3.8, 4) is 5.69 Å².